The molecule has 4 aromatic rings. The second-order valence-corrected chi connectivity index (χ2v) is 13.3. The molecule has 0 spiro atoms. The number of ether oxygens (including phenoxy) is 2. The second kappa shape index (κ2) is 9.89. The highest BCUT2D eigenvalue weighted by atomic mass is 35.5. The lowest BCUT2D eigenvalue weighted by Crippen LogP contribution is -2.38. The summed E-state index contributed by atoms with van der Waals surface area (Å²) in [6.45, 7) is 2.55. The molecule has 1 aliphatic carbocycles. The van der Waals surface area contributed by atoms with Gasteiger partial charge in [-0.05, 0) is 56.1 Å². The minimum atomic E-state index is -0.840. The molecule has 0 bridgehead atoms. The number of alkyl halides is 1. The van der Waals surface area contributed by atoms with Gasteiger partial charge in [0.2, 0.25) is 11.8 Å². The molecule has 8 nitrogen and oxygen atoms in total. The number of rotatable bonds is 4. The summed E-state index contributed by atoms with van der Waals surface area (Å²) in [6, 6.07) is 3.95. The third-order valence-electron chi connectivity index (χ3n) is 10.2. The van der Waals surface area contributed by atoms with Crippen molar-refractivity contribution in [3.63, 3.8) is 0 Å². The fourth-order valence-corrected chi connectivity index (χ4v) is 8.35. The number of benzene rings is 1. The maximum atomic E-state index is 17.1. The molecule has 1 saturated carbocycles. The number of aromatic amines is 1. The Morgan fingerprint density at radius 3 is 2.86 bits per heavy atom. The van der Waals surface area contributed by atoms with E-state index in [1.807, 2.05) is 12.1 Å². The van der Waals surface area contributed by atoms with Crippen LogP contribution in [0.4, 0.5) is 14.5 Å². The first kappa shape index (κ1) is 26.2. The number of fused-ring (bicyclic) bond motifs is 4. The van der Waals surface area contributed by atoms with Crippen molar-refractivity contribution in [3.05, 3.63) is 34.7 Å². The van der Waals surface area contributed by atoms with E-state index < -0.39 is 12.0 Å². The largest absolute Gasteiger partial charge is 0.475 e. The molecule has 11 heteroatoms. The molecule has 0 amide bonds. The van der Waals surface area contributed by atoms with Gasteiger partial charge in [0.25, 0.3) is 0 Å². The number of hydrogen-bond donors (Lipinski definition) is 1. The molecule has 3 saturated heterocycles. The second-order valence-electron chi connectivity index (χ2n) is 12.9. The van der Waals surface area contributed by atoms with E-state index in [2.05, 4.69) is 20.0 Å². The first-order valence-electron chi connectivity index (χ1n) is 15.7. The zero-order valence-electron chi connectivity index (χ0n) is 23.8. The molecular weight excluding hydrogens is 574 g/mol. The first-order chi connectivity index (χ1) is 21.0. The van der Waals surface area contributed by atoms with Crippen LogP contribution in [0.1, 0.15) is 62.8 Å². The van der Waals surface area contributed by atoms with Crippen LogP contribution in [-0.4, -0.2) is 75.7 Å². The van der Waals surface area contributed by atoms with Crippen LogP contribution in [-0.2, 0) is 0 Å². The number of pyridine rings is 2. The topological polar surface area (TPSA) is 79.4 Å². The summed E-state index contributed by atoms with van der Waals surface area (Å²) in [5, 5.41) is 9.17. The lowest BCUT2D eigenvalue weighted by molar-refractivity contribution is 0.152. The quantitative estimate of drug-likeness (QED) is 0.282. The van der Waals surface area contributed by atoms with Gasteiger partial charge in [0, 0.05) is 47.7 Å². The summed E-state index contributed by atoms with van der Waals surface area (Å²) < 4.78 is 44.4. The summed E-state index contributed by atoms with van der Waals surface area (Å²) >= 11 is 6.83. The van der Waals surface area contributed by atoms with Crippen molar-refractivity contribution in [1.82, 2.24) is 25.1 Å². The summed E-state index contributed by atoms with van der Waals surface area (Å²) in [4.78, 5) is 14.3. The minimum Gasteiger partial charge on any atom is -0.475 e. The number of nitrogens with zero attached hydrogens (tertiary/aromatic N) is 5. The SMILES string of the molecule is Fc1c(-c2c(C3CC3)c(Cl)cc3[nH]ncc23)nc2c3c(cc(OC4CCN5C[C@H](F)CC45)nc13)N1CCCCC[C@H]1CO2. The molecule has 4 aliphatic heterocycles. The molecule has 4 atom stereocenters. The number of halogens is 3. The molecule has 43 heavy (non-hydrogen) atoms. The van der Waals surface area contributed by atoms with Crippen LogP contribution in [0.3, 0.4) is 0 Å². The van der Waals surface area contributed by atoms with E-state index in [9.17, 15) is 4.39 Å². The number of nitrogens with one attached hydrogen (secondary N) is 1. The van der Waals surface area contributed by atoms with Gasteiger partial charge in [-0.15, -0.1) is 0 Å². The van der Waals surface area contributed by atoms with E-state index in [1.165, 1.54) is 0 Å². The Balaban J connectivity index is 1.26. The highest BCUT2D eigenvalue weighted by Crippen LogP contribution is 2.51. The third-order valence-corrected chi connectivity index (χ3v) is 10.5. The van der Waals surface area contributed by atoms with E-state index >= 15 is 4.39 Å². The molecule has 224 valence electrons. The van der Waals surface area contributed by atoms with Gasteiger partial charge in [0.1, 0.15) is 30.1 Å². The Kier molecular flexibility index (Phi) is 6.02. The van der Waals surface area contributed by atoms with Gasteiger partial charge in [-0.2, -0.15) is 5.10 Å². The molecule has 1 N–H and O–H groups in total. The van der Waals surface area contributed by atoms with Crippen LogP contribution >= 0.6 is 11.6 Å². The van der Waals surface area contributed by atoms with Crippen molar-refractivity contribution in [3.8, 4) is 23.0 Å². The normalized spacial score (nSPS) is 27.2. The Hall–Kier alpha value is -3.24. The number of anilines is 1. The van der Waals surface area contributed by atoms with E-state index in [4.69, 9.17) is 31.0 Å². The Morgan fingerprint density at radius 1 is 1.07 bits per heavy atom. The van der Waals surface area contributed by atoms with E-state index in [1.54, 1.807) is 6.20 Å². The lowest BCUT2D eigenvalue weighted by atomic mass is 9.95. The van der Waals surface area contributed by atoms with E-state index in [-0.39, 0.29) is 35.3 Å². The minimum absolute atomic E-state index is 0.0104. The van der Waals surface area contributed by atoms with E-state index in [0.29, 0.717) is 47.3 Å². The van der Waals surface area contributed by atoms with Crippen LogP contribution in [0.15, 0.2) is 18.3 Å². The van der Waals surface area contributed by atoms with Crippen LogP contribution in [0.25, 0.3) is 33.1 Å². The highest BCUT2D eigenvalue weighted by molar-refractivity contribution is 6.33. The molecule has 5 aliphatic rings. The van der Waals surface area contributed by atoms with Crippen LogP contribution in [0.5, 0.6) is 11.8 Å². The van der Waals surface area contributed by atoms with Crippen LogP contribution in [0, 0.1) is 5.82 Å². The summed E-state index contributed by atoms with van der Waals surface area (Å²) in [5.41, 5.74) is 3.48. The Morgan fingerprint density at radius 2 is 1.98 bits per heavy atom. The number of H-pyrrole nitrogens is 1. The lowest BCUT2D eigenvalue weighted by Gasteiger charge is -2.30. The van der Waals surface area contributed by atoms with Gasteiger partial charge in [0.05, 0.1) is 28.8 Å². The van der Waals surface area contributed by atoms with Crippen molar-refractivity contribution in [2.45, 2.75) is 81.6 Å². The molecule has 9 rings (SSSR count). The van der Waals surface area contributed by atoms with Gasteiger partial charge >= 0.3 is 0 Å². The van der Waals surface area contributed by atoms with E-state index in [0.717, 1.165) is 80.2 Å². The average molecular weight is 607 g/mol. The maximum absolute atomic E-state index is 17.1. The Labute approximate surface area is 252 Å². The molecular formula is C32H33ClF2N6O2. The van der Waals surface area contributed by atoms with Crippen molar-refractivity contribution in [1.29, 1.82) is 0 Å². The average Bonchev–Trinajstić information content (AvgIpc) is 3.58. The maximum Gasteiger partial charge on any atom is 0.225 e. The van der Waals surface area contributed by atoms with Gasteiger partial charge in [0.15, 0.2) is 5.82 Å². The summed E-state index contributed by atoms with van der Waals surface area (Å²) in [7, 11) is 0. The van der Waals surface area contributed by atoms with Crippen molar-refractivity contribution in [2.24, 2.45) is 0 Å². The molecule has 3 aromatic heterocycles. The number of aromatic nitrogens is 4. The number of hydrogen-bond acceptors (Lipinski definition) is 7. The van der Waals surface area contributed by atoms with Gasteiger partial charge in [-0.1, -0.05) is 24.4 Å². The molecule has 0 radical (unpaired) electrons. The summed E-state index contributed by atoms with van der Waals surface area (Å²) in [5.74, 6) is 0.470. The molecule has 4 fully saturated rings. The fourth-order valence-electron chi connectivity index (χ4n) is 8.00. The first-order valence-corrected chi connectivity index (χ1v) is 16.1. The zero-order valence-corrected chi connectivity index (χ0v) is 24.5. The smallest absolute Gasteiger partial charge is 0.225 e. The summed E-state index contributed by atoms with van der Waals surface area (Å²) in [6.07, 6.45) is 8.20. The van der Waals surface area contributed by atoms with Crippen molar-refractivity contribution in [2.75, 3.05) is 31.1 Å². The van der Waals surface area contributed by atoms with Gasteiger partial charge < -0.3 is 14.4 Å². The molecule has 2 unspecified atom stereocenters. The standard InChI is InChI=1S/C32H33ClF2N6O2/c33-20-11-21-19(13-36-39-21)27(26(20)16-5-6-16)30-29(35)31-28-23(41-8-3-1-2-4-18(41)15-42-32(28)38-30)12-25(37-31)43-24-7-9-40-14-17(34)10-22(24)40/h11-13,16-18,22,24H,1-10,14-15H2,(H,36,39)/t17-,18+,22?,24?/m1/s1. The Bertz CT molecular complexity index is 1760. The fraction of sp³-hybridized carbons (Fsp3) is 0.531. The zero-order chi connectivity index (χ0) is 28.8. The van der Waals surface area contributed by atoms with Crippen LogP contribution < -0.4 is 14.4 Å². The van der Waals surface area contributed by atoms with Gasteiger partial charge in [-0.25, -0.2) is 18.7 Å². The third kappa shape index (κ3) is 4.19. The predicted molar refractivity (Wildman–Crippen MR) is 161 cm³/mol. The monoisotopic (exact) mass is 606 g/mol. The molecule has 7 heterocycles. The van der Waals surface area contributed by atoms with Crippen LogP contribution in [0.2, 0.25) is 5.02 Å². The van der Waals surface area contributed by atoms with Gasteiger partial charge in [-0.3, -0.25) is 10.00 Å². The highest BCUT2D eigenvalue weighted by Gasteiger charge is 2.44. The van der Waals surface area contributed by atoms with Crippen molar-refractivity contribution >= 4 is 39.1 Å². The predicted octanol–water partition coefficient (Wildman–Crippen LogP) is 6.55. The molecule has 1 aromatic carbocycles. The van der Waals surface area contributed by atoms with Crippen molar-refractivity contribution < 1.29 is 18.3 Å².